The average molecular weight is 241 g/mol. The lowest BCUT2D eigenvalue weighted by Crippen LogP contribution is -2.24. The summed E-state index contributed by atoms with van der Waals surface area (Å²) in [5.41, 5.74) is 6.03. The quantitative estimate of drug-likeness (QED) is 0.369. The second-order valence-corrected chi connectivity index (χ2v) is 4.21. The van der Waals surface area contributed by atoms with Crippen LogP contribution in [0.4, 0.5) is 0 Å². The summed E-state index contributed by atoms with van der Waals surface area (Å²) in [6, 6.07) is 5.09. The summed E-state index contributed by atoms with van der Waals surface area (Å²) in [6.45, 7) is 0. The highest BCUT2D eigenvalue weighted by Crippen LogP contribution is 2.31. The van der Waals surface area contributed by atoms with Crippen LogP contribution in [0.2, 0.25) is 5.02 Å². The van der Waals surface area contributed by atoms with Crippen molar-refractivity contribution in [2.24, 2.45) is 10.9 Å². The molecule has 1 aliphatic rings. The SMILES string of the molecule is NC(=NO)c1ccc(OC2CCC2)c(Cl)c1. The smallest absolute Gasteiger partial charge is 0.170 e. The van der Waals surface area contributed by atoms with Crippen molar-refractivity contribution < 1.29 is 9.94 Å². The molecule has 1 aromatic carbocycles. The second-order valence-electron chi connectivity index (χ2n) is 3.80. The van der Waals surface area contributed by atoms with Gasteiger partial charge in [0.05, 0.1) is 11.1 Å². The van der Waals surface area contributed by atoms with E-state index in [2.05, 4.69) is 5.16 Å². The predicted molar refractivity (Wildman–Crippen MR) is 62.2 cm³/mol. The number of ether oxygens (including phenoxy) is 1. The van der Waals surface area contributed by atoms with Crippen molar-refractivity contribution in [2.75, 3.05) is 0 Å². The normalized spacial score (nSPS) is 16.9. The first-order chi connectivity index (χ1) is 7.70. The summed E-state index contributed by atoms with van der Waals surface area (Å²) in [6.07, 6.45) is 3.66. The molecule has 0 bridgehead atoms. The van der Waals surface area contributed by atoms with Crippen LogP contribution >= 0.6 is 11.6 Å². The van der Waals surface area contributed by atoms with Crippen LogP contribution in [0.15, 0.2) is 23.4 Å². The van der Waals surface area contributed by atoms with E-state index in [9.17, 15) is 0 Å². The first-order valence-corrected chi connectivity index (χ1v) is 5.52. The molecule has 1 fully saturated rings. The second kappa shape index (κ2) is 4.61. The molecule has 0 aliphatic heterocycles. The molecule has 4 nitrogen and oxygen atoms in total. The van der Waals surface area contributed by atoms with E-state index < -0.39 is 0 Å². The Kier molecular flexibility index (Phi) is 3.19. The summed E-state index contributed by atoms with van der Waals surface area (Å²) < 4.78 is 5.67. The van der Waals surface area contributed by atoms with Crippen LogP contribution in [-0.4, -0.2) is 17.1 Å². The molecular weight excluding hydrogens is 228 g/mol. The van der Waals surface area contributed by atoms with Crippen molar-refractivity contribution >= 4 is 17.4 Å². The Morgan fingerprint density at radius 3 is 2.75 bits per heavy atom. The zero-order chi connectivity index (χ0) is 11.5. The zero-order valence-electron chi connectivity index (χ0n) is 8.69. The lowest BCUT2D eigenvalue weighted by molar-refractivity contribution is 0.120. The van der Waals surface area contributed by atoms with Crippen molar-refractivity contribution in [1.29, 1.82) is 0 Å². The molecule has 86 valence electrons. The first kappa shape index (κ1) is 11.1. The largest absolute Gasteiger partial charge is 0.489 e. The van der Waals surface area contributed by atoms with E-state index in [1.54, 1.807) is 18.2 Å². The van der Waals surface area contributed by atoms with Crippen molar-refractivity contribution in [2.45, 2.75) is 25.4 Å². The minimum Gasteiger partial charge on any atom is -0.489 e. The van der Waals surface area contributed by atoms with Crippen LogP contribution in [0.25, 0.3) is 0 Å². The van der Waals surface area contributed by atoms with Gasteiger partial charge < -0.3 is 15.7 Å². The van der Waals surface area contributed by atoms with E-state index in [1.807, 2.05) is 0 Å². The number of hydrogen-bond donors (Lipinski definition) is 2. The van der Waals surface area contributed by atoms with Gasteiger partial charge in [-0.2, -0.15) is 0 Å². The maximum Gasteiger partial charge on any atom is 0.170 e. The Balaban J connectivity index is 2.15. The van der Waals surface area contributed by atoms with Gasteiger partial charge >= 0.3 is 0 Å². The number of rotatable bonds is 3. The van der Waals surface area contributed by atoms with Gasteiger partial charge in [-0.05, 0) is 37.5 Å². The molecule has 1 aromatic rings. The minimum atomic E-state index is 0.0390. The van der Waals surface area contributed by atoms with Gasteiger partial charge in [-0.1, -0.05) is 16.8 Å². The van der Waals surface area contributed by atoms with Crippen LogP contribution in [0.3, 0.4) is 0 Å². The fourth-order valence-corrected chi connectivity index (χ4v) is 1.71. The molecule has 1 aliphatic carbocycles. The third-order valence-corrected chi connectivity index (χ3v) is 2.98. The van der Waals surface area contributed by atoms with E-state index >= 15 is 0 Å². The number of nitrogens with two attached hydrogens (primary N) is 1. The van der Waals surface area contributed by atoms with Gasteiger partial charge in [-0.15, -0.1) is 0 Å². The molecule has 5 heteroatoms. The lowest BCUT2D eigenvalue weighted by atomic mass is 9.96. The molecule has 0 saturated heterocycles. The van der Waals surface area contributed by atoms with Crippen molar-refractivity contribution in [1.82, 2.24) is 0 Å². The van der Waals surface area contributed by atoms with E-state index in [1.165, 1.54) is 6.42 Å². The number of nitrogens with zero attached hydrogens (tertiary/aromatic N) is 1. The molecule has 0 aromatic heterocycles. The molecule has 0 radical (unpaired) electrons. The maximum atomic E-state index is 8.53. The third kappa shape index (κ3) is 2.22. The van der Waals surface area contributed by atoms with Crippen LogP contribution in [-0.2, 0) is 0 Å². The van der Waals surface area contributed by atoms with Gasteiger partial charge in [0.15, 0.2) is 5.84 Å². The maximum absolute atomic E-state index is 8.53. The zero-order valence-corrected chi connectivity index (χ0v) is 9.44. The van der Waals surface area contributed by atoms with E-state index in [-0.39, 0.29) is 11.9 Å². The van der Waals surface area contributed by atoms with Crippen molar-refractivity contribution in [3.05, 3.63) is 28.8 Å². The minimum absolute atomic E-state index is 0.0390. The highest BCUT2D eigenvalue weighted by Gasteiger charge is 2.20. The summed E-state index contributed by atoms with van der Waals surface area (Å²) in [4.78, 5) is 0. The van der Waals surface area contributed by atoms with Gasteiger partial charge in [-0.3, -0.25) is 0 Å². The van der Waals surface area contributed by atoms with Gasteiger partial charge in [0.25, 0.3) is 0 Å². The van der Waals surface area contributed by atoms with Gasteiger partial charge in [0, 0.05) is 5.56 Å². The molecule has 16 heavy (non-hydrogen) atoms. The molecule has 0 atom stereocenters. The summed E-state index contributed by atoms with van der Waals surface area (Å²) in [5, 5.41) is 11.9. The Hall–Kier alpha value is -1.42. The highest BCUT2D eigenvalue weighted by atomic mass is 35.5. The number of hydrogen-bond acceptors (Lipinski definition) is 3. The summed E-state index contributed by atoms with van der Waals surface area (Å²) in [7, 11) is 0. The van der Waals surface area contributed by atoms with Crippen LogP contribution < -0.4 is 10.5 Å². The van der Waals surface area contributed by atoms with Crippen molar-refractivity contribution in [3.8, 4) is 5.75 Å². The Morgan fingerprint density at radius 2 is 2.25 bits per heavy atom. The van der Waals surface area contributed by atoms with E-state index in [0.717, 1.165) is 12.8 Å². The molecule has 1 saturated carbocycles. The molecule has 0 spiro atoms. The highest BCUT2D eigenvalue weighted by molar-refractivity contribution is 6.32. The number of benzene rings is 1. The Morgan fingerprint density at radius 1 is 1.50 bits per heavy atom. The van der Waals surface area contributed by atoms with Crippen molar-refractivity contribution in [3.63, 3.8) is 0 Å². The fraction of sp³-hybridized carbons (Fsp3) is 0.364. The van der Waals surface area contributed by atoms with Crippen LogP contribution in [0.5, 0.6) is 5.75 Å². The van der Waals surface area contributed by atoms with Gasteiger partial charge in [-0.25, -0.2) is 0 Å². The molecule has 0 amide bonds. The number of oxime groups is 1. The average Bonchev–Trinajstić information content (AvgIpc) is 2.23. The van der Waals surface area contributed by atoms with E-state index in [0.29, 0.717) is 16.3 Å². The third-order valence-electron chi connectivity index (χ3n) is 2.68. The van der Waals surface area contributed by atoms with Crippen LogP contribution in [0.1, 0.15) is 24.8 Å². The standard InChI is InChI=1S/C11H13ClN2O2/c12-9-6-7(11(13)14-15)4-5-10(9)16-8-2-1-3-8/h4-6,8,15H,1-3H2,(H2,13,14). The summed E-state index contributed by atoms with van der Waals surface area (Å²) in [5.74, 6) is 0.693. The topological polar surface area (TPSA) is 67.8 Å². The molecule has 0 heterocycles. The molecular formula is C11H13ClN2O2. The monoisotopic (exact) mass is 240 g/mol. The number of amidine groups is 1. The van der Waals surface area contributed by atoms with Gasteiger partial charge in [0.1, 0.15) is 5.75 Å². The number of halogens is 1. The lowest BCUT2D eigenvalue weighted by Gasteiger charge is -2.26. The molecule has 2 rings (SSSR count). The first-order valence-electron chi connectivity index (χ1n) is 5.15. The predicted octanol–water partition coefficient (Wildman–Crippen LogP) is 2.37. The van der Waals surface area contributed by atoms with Crippen LogP contribution in [0, 0.1) is 0 Å². The Bertz CT molecular complexity index is 416. The van der Waals surface area contributed by atoms with E-state index in [4.69, 9.17) is 27.3 Å². The Labute approximate surface area is 98.7 Å². The molecule has 0 unspecified atom stereocenters. The summed E-state index contributed by atoms with van der Waals surface area (Å²) >= 11 is 6.04. The fourth-order valence-electron chi connectivity index (χ4n) is 1.48. The van der Waals surface area contributed by atoms with Gasteiger partial charge in [0.2, 0.25) is 0 Å². The molecule has 3 N–H and O–H groups in total.